The largest absolute Gasteiger partial charge is 0.353 e. The normalized spacial score (nSPS) is 10.9. The van der Waals surface area contributed by atoms with Crippen molar-refractivity contribution in [2.24, 2.45) is 0 Å². The molecule has 0 radical (unpaired) electrons. The number of rotatable bonds is 3. The number of hydrogen-bond acceptors (Lipinski definition) is 2. The van der Waals surface area contributed by atoms with Crippen molar-refractivity contribution in [2.75, 3.05) is 5.32 Å². The van der Waals surface area contributed by atoms with E-state index >= 15 is 0 Å². The minimum absolute atomic E-state index is 0.377. The van der Waals surface area contributed by atoms with Gasteiger partial charge in [-0.2, -0.15) is 0 Å². The van der Waals surface area contributed by atoms with Crippen molar-refractivity contribution in [3.8, 4) is 5.69 Å². The SMILES string of the molecule is Cc1ccc(-n2ccnc2NC(C)C)cc1C. The van der Waals surface area contributed by atoms with Crippen LogP contribution in [0, 0.1) is 13.8 Å². The van der Waals surface area contributed by atoms with Crippen LogP contribution in [0.3, 0.4) is 0 Å². The molecule has 0 unspecified atom stereocenters. The molecule has 0 aliphatic carbocycles. The van der Waals surface area contributed by atoms with Gasteiger partial charge in [-0.3, -0.25) is 4.57 Å². The number of hydrogen-bond donors (Lipinski definition) is 1. The van der Waals surface area contributed by atoms with Crippen molar-refractivity contribution in [2.45, 2.75) is 33.7 Å². The number of anilines is 1. The van der Waals surface area contributed by atoms with Gasteiger partial charge in [-0.05, 0) is 51.0 Å². The lowest BCUT2D eigenvalue weighted by molar-refractivity contribution is 0.864. The Hall–Kier alpha value is -1.77. The van der Waals surface area contributed by atoms with Gasteiger partial charge in [-0.15, -0.1) is 0 Å². The summed E-state index contributed by atoms with van der Waals surface area (Å²) in [4.78, 5) is 4.34. The first-order chi connectivity index (χ1) is 8.08. The highest BCUT2D eigenvalue weighted by Crippen LogP contribution is 2.18. The van der Waals surface area contributed by atoms with Crippen LogP contribution in [0.15, 0.2) is 30.6 Å². The number of imidazole rings is 1. The molecule has 17 heavy (non-hydrogen) atoms. The molecule has 1 aromatic heterocycles. The molecule has 90 valence electrons. The molecule has 2 rings (SSSR count). The second kappa shape index (κ2) is 4.62. The summed E-state index contributed by atoms with van der Waals surface area (Å²) in [5.74, 6) is 0.892. The molecule has 1 N–H and O–H groups in total. The number of nitrogens with zero attached hydrogens (tertiary/aromatic N) is 2. The van der Waals surface area contributed by atoms with Crippen LogP contribution in [-0.4, -0.2) is 15.6 Å². The van der Waals surface area contributed by atoms with Crippen LogP contribution in [0.5, 0.6) is 0 Å². The average Bonchev–Trinajstić information content (AvgIpc) is 2.69. The van der Waals surface area contributed by atoms with Gasteiger partial charge in [-0.1, -0.05) is 6.07 Å². The van der Waals surface area contributed by atoms with E-state index in [-0.39, 0.29) is 0 Å². The van der Waals surface area contributed by atoms with Gasteiger partial charge in [0.15, 0.2) is 0 Å². The fourth-order valence-corrected chi connectivity index (χ4v) is 1.75. The lowest BCUT2D eigenvalue weighted by atomic mass is 10.1. The first kappa shape index (κ1) is 11.7. The molecule has 0 aliphatic rings. The zero-order chi connectivity index (χ0) is 12.4. The minimum atomic E-state index is 0.377. The Balaban J connectivity index is 2.39. The molecule has 0 fully saturated rings. The molecule has 0 atom stereocenters. The average molecular weight is 229 g/mol. The lowest BCUT2D eigenvalue weighted by Gasteiger charge is -2.13. The summed E-state index contributed by atoms with van der Waals surface area (Å²) < 4.78 is 2.08. The third-order valence-corrected chi connectivity index (χ3v) is 2.83. The van der Waals surface area contributed by atoms with Crippen molar-refractivity contribution >= 4 is 5.95 Å². The van der Waals surface area contributed by atoms with E-state index in [0.717, 1.165) is 11.6 Å². The molecular formula is C14H19N3. The molecule has 0 bridgehead atoms. The highest BCUT2D eigenvalue weighted by atomic mass is 15.2. The van der Waals surface area contributed by atoms with Crippen molar-refractivity contribution in [1.82, 2.24) is 9.55 Å². The molecule has 0 aliphatic heterocycles. The monoisotopic (exact) mass is 229 g/mol. The number of aryl methyl sites for hydroxylation is 2. The third-order valence-electron chi connectivity index (χ3n) is 2.83. The summed E-state index contributed by atoms with van der Waals surface area (Å²) in [5, 5.41) is 3.34. The van der Waals surface area contributed by atoms with Gasteiger partial charge in [0, 0.05) is 24.1 Å². The molecule has 0 spiro atoms. The molecular weight excluding hydrogens is 210 g/mol. The van der Waals surface area contributed by atoms with Crippen LogP contribution in [0.4, 0.5) is 5.95 Å². The predicted octanol–water partition coefficient (Wildman–Crippen LogP) is 3.31. The van der Waals surface area contributed by atoms with E-state index in [1.807, 2.05) is 12.4 Å². The second-order valence-corrected chi connectivity index (χ2v) is 4.69. The van der Waals surface area contributed by atoms with Gasteiger partial charge in [0.1, 0.15) is 0 Å². The van der Waals surface area contributed by atoms with Crippen molar-refractivity contribution in [3.63, 3.8) is 0 Å². The Morgan fingerprint density at radius 2 is 1.94 bits per heavy atom. The second-order valence-electron chi connectivity index (χ2n) is 4.69. The first-order valence-corrected chi connectivity index (χ1v) is 5.95. The Morgan fingerprint density at radius 3 is 2.59 bits per heavy atom. The molecule has 1 aromatic carbocycles. The van der Waals surface area contributed by atoms with Crippen LogP contribution < -0.4 is 5.32 Å². The van der Waals surface area contributed by atoms with Crippen molar-refractivity contribution in [1.29, 1.82) is 0 Å². The maximum absolute atomic E-state index is 4.34. The fourth-order valence-electron chi connectivity index (χ4n) is 1.75. The smallest absolute Gasteiger partial charge is 0.207 e. The van der Waals surface area contributed by atoms with Gasteiger partial charge in [0.2, 0.25) is 5.95 Å². The van der Waals surface area contributed by atoms with E-state index in [1.165, 1.54) is 11.1 Å². The van der Waals surface area contributed by atoms with Crippen LogP contribution in [0.25, 0.3) is 5.69 Å². The summed E-state index contributed by atoms with van der Waals surface area (Å²) in [5.41, 5.74) is 3.76. The Kier molecular flexibility index (Phi) is 3.18. The van der Waals surface area contributed by atoms with Crippen LogP contribution >= 0.6 is 0 Å². The van der Waals surface area contributed by atoms with Gasteiger partial charge in [-0.25, -0.2) is 4.98 Å². The third kappa shape index (κ3) is 2.49. The van der Waals surface area contributed by atoms with E-state index in [0.29, 0.717) is 6.04 Å². The molecule has 0 amide bonds. The number of benzene rings is 1. The quantitative estimate of drug-likeness (QED) is 0.875. The van der Waals surface area contributed by atoms with Crippen LogP contribution in [-0.2, 0) is 0 Å². The summed E-state index contributed by atoms with van der Waals surface area (Å²) in [7, 11) is 0. The topological polar surface area (TPSA) is 29.9 Å². The number of aromatic nitrogens is 2. The highest BCUT2D eigenvalue weighted by molar-refractivity contribution is 5.45. The van der Waals surface area contributed by atoms with Crippen molar-refractivity contribution < 1.29 is 0 Å². The molecule has 3 heteroatoms. The summed E-state index contributed by atoms with van der Waals surface area (Å²) in [6.45, 7) is 8.48. The van der Waals surface area contributed by atoms with Crippen LogP contribution in [0.1, 0.15) is 25.0 Å². The predicted molar refractivity (Wildman–Crippen MR) is 71.8 cm³/mol. The van der Waals surface area contributed by atoms with E-state index in [1.54, 1.807) is 0 Å². The van der Waals surface area contributed by atoms with Crippen LogP contribution in [0.2, 0.25) is 0 Å². The molecule has 1 heterocycles. The van der Waals surface area contributed by atoms with E-state index in [4.69, 9.17) is 0 Å². The Morgan fingerprint density at radius 1 is 1.18 bits per heavy atom. The lowest BCUT2D eigenvalue weighted by Crippen LogP contribution is -2.13. The standard InChI is InChI=1S/C14H19N3/c1-10(2)16-14-15-7-8-17(14)13-6-5-11(3)12(4)9-13/h5-10H,1-4H3,(H,15,16). The molecule has 0 saturated heterocycles. The summed E-state index contributed by atoms with van der Waals surface area (Å²) in [6.07, 6.45) is 3.80. The first-order valence-electron chi connectivity index (χ1n) is 5.95. The Bertz CT molecular complexity index is 512. The van der Waals surface area contributed by atoms with E-state index in [9.17, 15) is 0 Å². The van der Waals surface area contributed by atoms with Gasteiger partial charge < -0.3 is 5.32 Å². The zero-order valence-electron chi connectivity index (χ0n) is 10.9. The maximum Gasteiger partial charge on any atom is 0.207 e. The zero-order valence-corrected chi connectivity index (χ0v) is 10.9. The van der Waals surface area contributed by atoms with Crippen molar-refractivity contribution in [3.05, 3.63) is 41.7 Å². The molecule has 0 saturated carbocycles. The van der Waals surface area contributed by atoms with E-state index in [2.05, 4.69) is 60.8 Å². The van der Waals surface area contributed by atoms with Gasteiger partial charge in [0.25, 0.3) is 0 Å². The summed E-state index contributed by atoms with van der Waals surface area (Å²) in [6, 6.07) is 6.82. The minimum Gasteiger partial charge on any atom is -0.353 e. The van der Waals surface area contributed by atoms with Gasteiger partial charge >= 0.3 is 0 Å². The molecule has 3 nitrogen and oxygen atoms in total. The molecule has 2 aromatic rings. The van der Waals surface area contributed by atoms with Gasteiger partial charge in [0.05, 0.1) is 0 Å². The van der Waals surface area contributed by atoms with E-state index < -0.39 is 0 Å². The number of nitrogens with one attached hydrogen (secondary N) is 1. The fraction of sp³-hybridized carbons (Fsp3) is 0.357. The summed E-state index contributed by atoms with van der Waals surface area (Å²) >= 11 is 0. The Labute approximate surface area is 103 Å². The maximum atomic E-state index is 4.34. The highest BCUT2D eigenvalue weighted by Gasteiger charge is 2.06.